The molecule has 2 aliphatic rings. The molecule has 1 atom stereocenters. The van der Waals surface area contributed by atoms with Crippen LogP contribution in [-0.4, -0.2) is 55.9 Å². The lowest BCUT2D eigenvalue weighted by atomic mass is 10.2. The maximum atomic E-state index is 12.7. The van der Waals surface area contributed by atoms with Crippen LogP contribution >= 0.6 is 11.6 Å². The van der Waals surface area contributed by atoms with E-state index in [0.29, 0.717) is 18.8 Å². The van der Waals surface area contributed by atoms with Crippen LogP contribution in [0.1, 0.15) is 0 Å². The summed E-state index contributed by atoms with van der Waals surface area (Å²) in [5.41, 5.74) is 6.00. The molecule has 2 amide bonds. The number of nitrogen functional groups attached to an aromatic ring is 1. The van der Waals surface area contributed by atoms with Gasteiger partial charge in [-0.2, -0.15) is 4.31 Å². The van der Waals surface area contributed by atoms with Crippen LogP contribution in [0.4, 0.5) is 10.5 Å². The zero-order valence-corrected chi connectivity index (χ0v) is 12.7. The van der Waals surface area contributed by atoms with E-state index in [0.717, 1.165) is 0 Å². The SMILES string of the molecule is Nc1ccc(S(=O)(=O)N2CCN3C(=O)NCC3C2)c(Cl)c1. The van der Waals surface area contributed by atoms with E-state index in [2.05, 4.69) is 5.32 Å². The van der Waals surface area contributed by atoms with Gasteiger partial charge in [-0.3, -0.25) is 0 Å². The average molecular weight is 331 g/mol. The van der Waals surface area contributed by atoms with Crippen molar-refractivity contribution in [3.63, 3.8) is 0 Å². The van der Waals surface area contributed by atoms with Gasteiger partial charge >= 0.3 is 6.03 Å². The molecule has 0 bridgehead atoms. The minimum atomic E-state index is -3.69. The fourth-order valence-corrected chi connectivity index (χ4v) is 4.65. The normalized spacial score (nSPS) is 23.0. The molecule has 2 heterocycles. The van der Waals surface area contributed by atoms with Crippen molar-refractivity contribution in [2.45, 2.75) is 10.9 Å². The topological polar surface area (TPSA) is 95.7 Å². The van der Waals surface area contributed by atoms with Crippen LogP contribution in [0.5, 0.6) is 0 Å². The van der Waals surface area contributed by atoms with Crippen LogP contribution in [0.15, 0.2) is 23.1 Å². The molecule has 2 fully saturated rings. The Morgan fingerprint density at radius 1 is 1.33 bits per heavy atom. The van der Waals surface area contributed by atoms with Crippen molar-refractivity contribution in [2.24, 2.45) is 0 Å². The van der Waals surface area contributed by atoms with Gasteiger partial charge in [0, 0.05) is 31.9 Å². The number of nitrogens with two attached hydrogens (primary N) is 1. The van der Waals surface area contributed by atoms with Crippen molar-refractivity contribution >= 4 is 33.3 Å². The number of hydrogen-bond acceptors (Lipinski definition) is 4. The van der Waals surface area contributed by atoms with Crippen LogP contribution in [0.25, 0.3) is 0 Å². The summed E-state index contributed by atoms with van der Waals surface area (Å²) in [5, 5.41) is 2.82. The Balaban J connectivity index is 1.87. The highest BCUT2D eigenvalue weighted by atomic mass is 35.5. The van der Waals surface area contributed by atoms with Gasteiger partial charge in [-0.25, -0.2) is 13.2 Å². The molecular weight excluding hydrogens is 316 g/mol. The number of carbonyl (C=O) groups is 1. The van der Waals surface area contributed by atoms with Gasteiger partial charge in [0.2, 0.25) is 10.0 Å². The molecule has 2 aliphatic heterocycles. The van der Waals surface area contributed by atoms with Gasteiger partial charge in [0.15, 0.2) is 0 Å². The minimum Gasteiger partial charge on any atom is -0.399 e. The van der Waals surface area contributed by atoms with Crippen molar-refractivity contribution in [1.82, 2.24) is 14.5 Å². The number of piperazine rings is 1. The first-order chi connectivity index (χ1) is 9.89. The third-order valence-electron chi connectivity index (χ3n) is 3.77. The van der Waals surface area contributed by atoms with Gasteiger partial charge in [0.05, 0.1) is 11.1 Å². The smallest absolute Gasteiger partial charge is 0.317 e. The van der Waals surface area contributed by atoms with Crippen molar-refractivity contribution in [3.05, 3.63) is 23.2 Å². The lowest BCUT2D eigenvalue weighted by Crippen LogP contribution is -2.53. The predicted octanol–water partition coefficient (Wildman–Crippen LogP) is 0.320. The van der Waals surface area contributed by atoms with E-state index in [1.807, 2.05) is 0 Å². The van der Waals surface area contributed by atoms with Crippen LogP contribution < -0.4 is 11.1 Å². The van der Waals surface area contributed by atoms with Crippen molar-refractivity contribution in [1.29, 1.82) is 0 Å². The second-order valence-corrected chi connectivity index (χ2v) is 7.40. The summed E-state index contributed by atoms with van der Waals surface area (Å²) < 4.78 is 26.7. The molecule has 9 heteroatoms. The molecule has 0 saturated carbocycles. The predicted molar refractivity (Wildman–Crippen MR) is 78.5 cm³/mol. The third kappa shape index (κ3) is 2.43. The van der Waals surface area contributed by atoms with Crippen molar-refractivity contribution < 1.29 is 13.2 Å². The van der Waals surface area contributed by atoms with E-state index in [-0.39, 0.29) is 35.1 Å². The summed E-state index contributed by atoms with van der Waals surface area (Å²) in [4.78, 5) is 13.2. The van der Waals surface area contributed by atoms with E-state index < -0.39 is 10.0 Å². The highest BCUT2D eigenvalue weighted by molar-refractivity contribution is 7.89. The molecule has 1 aromatic rings. The fraction of sp³-hybridized carbons (Fsp3) is 0.417. The first kappa shape index (κ1) is 14.4. The van der Waals surface area contributed by atoms with Crippen molar-refractivity contribution in [2.75, 3.05) is 31.9 Å². The molecule has 0 spiro atoms. The molecule has 3 N–H and O–H groups in total. The summed E-state index contributed by atoms with van der Waals surface area (Å²) >= 11 is 6.00. The molecule has 7 nitrogen and oxygen atoms in total. The summed E-state index contributed by atoms with van der Waals surface area (Å²) in [7, 11) is -3.69. The first-order valence-electron chi connectivity index (χ1n) is 6.49. The van der Waals surface area contributed by atoms with Crippen LogP contribution in [0.3, 0.4) is 0 Å². The number of sulfonamides is 1. The van der Waals surface area contributed by atoms with E-state index in [1.54, 1.807) is 4.90 Å². The third-order valence-corrected chi connectivity index (χ3v) is 6.12. The lowest BCUT2D eigenvalue weighted by molar-refractivity contribution is 0.164. The van der Waals surface area contributed by atoms with E-state index in [1.165, 1.54) is 22.5 Å². The molecule has 1 aromatic carbocycles. The molecule has 114 valence electrons. The Morgan fingerprint density at radius 2 is 2.10 bits per heavy atom. The van der Waals surface area contributed by atoms with Gasteiger partial charge in [-0.15, -0.1) is 0 Å². The zero-order valence-electron chi connectivity index (χ0n) is 11.1. The number of hydrogen-bond donors (Lipinski definition) is 2. The molecule has 21 heavy (non-hydrogen) atoms. The average Bonchev–Trinajstić information content (AvgIpc) is 2.79. The fourth-order valence-electron chi connectivity index (χ4n) is 2.66. The van der Waals surface area contributed by atoms with Gasteiger partial charge in [0.1, 0.15) is 4.90 Å². The second kappa shape index (κ2) is 5.04. The number of nitrogens with one attached hydrogen (secondary N) is 1. The number of rotatable bonds is 2. The summed E-state index contributed by atoms with van der Waals surface area (Å²) in [6.45, 7) is 1.36. The molecule has 1 unspecified atom stereocenters. The number of nitrogens with zero attached hydrogens (tertiary/aromatic N) is 2. The summed E-state index contributed by atoms with van der Waals surface area (Å²) in [5.74, 6) is 0. The molecule has 3 rings (SSSR count). The maximum absolute atomic E-state index is 12.7. The number of fused-ring (bicyclic) bond motifs is 1. The van der Waals surface area contributed by atoms with Gasteiger partial charge in [0.25, 0.3) is 0 Å². The zero-order chi connectivity index (χ0) is 15.2. The molecular formula is C12H15ClN4O3S. The first-order valence-corrected chi connectivity index (χ1v) is 8.31. The Hall–Kier alpha value is -1.51. The maximum Gasteiger partial charge on any atom is 0.317 e. The number of amides is 2. The minimum absolute atomic E-state index is 0.0455. The highest BCUT2D eigenvalue weighted by Gasteiger charge is 2.40. The largest absolute Gasteiger partial charge is 0.399 e. The molecule has 0 aromatic heterocycles. The monoisotopic (exact) mass is 330 g/mol. The Labute approximate surface area is 127 Å². The van der Waals surface area contributed by atoms with E-state index >= 15 is 0 Å². The molecule has 2 saturated heterocycles. The quantitative estimate of drug-likeness (QED) is 0.763. The summed E-state index contributed by atoms with van der Waals surface area (Å²) in [6, 6.07) is 4.08. The number of anilines is 1. The van der Waals surface area contributed by atoms with E-state index in [4.69, 9.17) is 17.3 Å². The number of urea groups is 1. The standard InChI is InChI=1S/C12H15ClN4O3S/c13-10-5-8(14)1-2-11(10)21(19,20)16-3-4-17-9(7-16)6-15-12(17)18/h1-2,5,9H,3-4,6-7,14H2,(H,15,18). The lowest BCUT2D eigenvalue weighted by Gasteiger charge is -2.35. The highest BCUT2D eigenvalue weighted by Crippen LogP contribution is 2.28. The Kier molecular flexibility index (Phi) is 3.46. The number of halogens is 1. The molecule has 0 aliphatic carbocycles. The Morgan fingerprint density at radius 3 is 2.81 bits per heavy atom. The summed E-state index contributed by atoms with van der Waals surface area (Å²) in [6.07, 6.45) is 0. The van der Waals surface area contributed by atoms with Crippen molar-refractivity contribution in [3.8, 4) is 0 Å². The van der Waals surface area contributed by atoms with Crippen LogP contribution in [0.2, 0.25) is 5.02 Å². The number of carbonyl (C=O) groups excluding carboxylic acids is 1. The van der Waals surface area contributed by atoms with Crippen LogP contribution in [-0.2, 0) is 10.0 Å². The Bertz CT molecular complexity index is 694. The molecule has 0 radical (unpaired) electrons. The van der Waals surface area contributed by atoms with Gasteiger partial charge < -0.3 is 16.0 Å². The second-order valence-electron chi connectivity index (χ2n) is 5.09. The number of benzene rings is 1. The van der Waals surface area contributed by atoms with Gasteiger partial charge in [-0.05, 0) is 18.2 Å². The van der Waals surface area contributed by atoms with E-state index in [9.17, 15) is 13.2 Å². The van der Waals surface area contributed by atoms with Gasteiger partial charge in [-0.1, -0.05) is 11.6 Å². The van der Waals surface area contributed by atoms with Crippen LogP contribution in [0, 0.1) is 0 Å².